The van der Waals surface area contributed by atoms with E-state index in [0.29, 0.717) is 16.1 Å². The highest BCUT2D eigenvalue weighted by molar-refractivity contribution is 8.00. The molecule has 24 heavy (non-hydrogen) atoms. The normalized spacial score (nSPS) is 16.8. The van der Waals surface area contributed by atoms with E-state index < -0.39 is 0 Å². The van der Waals surface area contributed by atoms with Crippen LogP contribution in [-0.4, -0.2) is 38.7 Å². The molecule has 1 amide bonds. The Hall–Kier alpha value is -1.82. The van der Waals surface area contributed by atoms with Gasteiger partial charge in [0, 0.05) is 20.1 Å². The molecular formula is C18H23N3O2S. The fraction of sp³-hybridized carbons (Fsp3) is 0.500. The first-order valence-electron chi connectivity index (χ1n) is 8.49. The van der Waals surface area contributed by atoms with Crippen LogP contribution >= 0.6 is 11.8 Å². The molecule has 1 unspecified atom stereocenters. The summed E-state index contributed by atoms with van der Waals surface area (Å²) in [4.78, 5) is 31.7. The van der Waals surface area contributed by atoms with Crippen molar-refractivity contribution in [1.29, 1.82) is 0 Å². The molecule has 1 aliphatic heterocycles. The second kappa shape index (κ2) is 7.38. The number of amides is 1. The summed E-state index contributed by atoms with van der Waals surface area (Å²) in [6.45, 7) is 3.58. The van der Waals surface area contributed by atoms with Crippen LogP contribution in [0.3, 0.4) is 0 Å². The Morgan fingerprint density at radius 2 is 1.83 bits per heavy atom. The number of carbonyl (C=O) groups excluding carboxylic acids is 1. The maximum Gasteiger partial charge on any atom is 0.261 e. The molecule has 1 saturated heterocycles. The second-order valence-corrected chi connectivity index (χ2v) is 7.58. The van der Waals surface area contributed by atoms with Crippen LogP contribution in [0.4, 0.5) is 0 Å². The van der Waals surface area contributed by atoms with Gasteiger partial charge in [-0.1, -0.05) is 36.7 Å². The van der Waals surface area contributed by atoms with E-state index in [1.54, 1.807) is 17.7 Å². The lowest BCUT2D eigenvalue weighted by molar-refractivity contribution is -0.130. The van der Waals surface area contributed by atoms with Crippen LogP contribution in [-0.2, 0) is 11.8 Å². The van der Waals surface area contributed by atoms with E-state index in [2.05, 4.69) is 4.98 Å². The highest BCUT2D eigenvalue weighted by atomic mass is 32.2. The zero-order valence-corrected chi connectivity index (χ0v) is 15.0. The summed E-state index contributed by atoms with van der Waals surface area (Å²) < 4.78 is 1.54. The van der Waals surface area contributed by atoms with Crippen LogP contribution in [0.15, 0.2) is 34.2 Å². The van der Waals surface area contributed by atoms with Gasteiger partial charge >= 0.3 is 0 Å². The molecule has 2 aromatic rings. The average molecular weight is 345 g/mol. The highest BCUT2D eigenvalue weighted by Gasteiger charge is 2.24. The monoisotopic (exact) mass is 345 g/mol. The summed E-state index contributed by atoms with van der Waals surface area (Å²) in [5.41, 5.74) is 0.607. The number of thioether (sulfide) groups is 1. The molecule has 1 aromatic carbocycles. The lowest BCUT2D eigenvalue weighted by Gasteiger charge is -2.24. The van der Waals surface area contributed by atoms with Gasteiger partial charge in [0.15, 0.2) is 5.16 Å². The summed E-state index contributed by atoms with van der Waals surface area (Å²) in [5.74, 6) is 0.143. The van der Waals surface area contributed by atoms with Gasteiger partial charge in [0.05, 0.1) is 16.2 Å². The van der Waals surface area contributed by atoms with Crippen molar-refractivity contribution in [3.8, 4) is 0 Å². The van der Waals surface area contributed by atoms with Gasteiger partial charge in [0.25, 0.3) is 5.56 Å². The Labute approximate surface area is 146 Å². The molecule has 0 bridgehead atoms. The summed E-state index contributed by atoms with van der Waals surface area (Å²) >= 11 is 1.37. The van der Waals surface area contributed by atoms with Crippen molar-refractivity contribution >= 4 is 28.6 Å². The van der Waals surface area contributed by atoms with E-state index >= 15 is 0 Å². The Balaban J connectivity index is 1.82. The molecule has 0 spiro atoms. The third-order valence-electron chi connectivity index (χ3n) is 4.49. The molecular weight excluding hydrogens is 322 g/mol. The fourth-order valence-electron chi connectivity index (χ4n) is 3.06. The number of para-hydroxylation sites is 1. The summed E-state index contributed by atoms with van der Waals surface area (Å²) in [6.07, 6.45) is 4.56. The van der Waals surface area contributed by atoms with Gasteiger partial charge < -0.3 is 4.90 Å². The molecule has 5 nitrogen and oxygen atoms in total. The van der Waals surface area contributed by atoms with Gasteiger partial charge in [-0.15, -0.1) is 0 Å². The zero-order valence-electron chi connectivity index (χ0n) is 14.2. The third-order valence-corrected chi connectivity index (χ3v) is 5.62. The molecule has 1 fully saturated rings. The number of aromatic nitrogens is 2. The van der Waals surface area contributed by atoms with Crippen molar-refractivity contribution in [3.05, 3.63) is 34.6 Å². The Morgan fingerprint density at radius 3 is 2.54 bits per heavy atom. The van der Waals surface area contributed by atoms with Crippen LogP contribution in [0.2, 0.25) is 0 Å². The lowest BCUT2D eigenvalue weighted by atomic mass is 10.2. The van der Waals surface area contributed by atoms with Crippen molar-refractivity contribution in [2.45, 2.75) is 43.0 Å². The van der Waals surface area contributed by atoms with Crippen molar-refractivity contribution in [2.24, 2.45) is 7.05 Å². The van der Waals surface area contributed by atoms with Gasteiger partial charge in [-0.2, -0.15) is 0 Å². The highest BCUT2D eigenvalue weighted by Crippen LogP contribution is 2.24. The van der Waals surface area contributed by atoms with Crippen LogP contribution in [0.5, 0.6) is 0 Å². The maximum atomic E-state index is 12.7. The van der Waals surface area contributed by atoms with Gasteiger partial charge in [-0.3, -0.25) is 14.2 Å². The molecule has 1 aromatic heterocycles. The molecule has 128 valence electrons. The minimum Gasteiger partial charge on any atom is -0.342 e. The van der Waals surface area contributed by atoms with E-state index in [1.807, 2.05) is 30.0 Å². The van der Waals surface area contributed by atoms with E-state index in [4.69, 9.17) is 0 Å². The molecule has 0 radical (unpaired) electrons. The zero-order chi connectivity index (χ0) is 17.1. The predicted molar refractivity (Wildman–Crippen MR) is 97.4 cm³/mol. The third kappa shape index (κ3) is 3.48. The van der Waals surface area contributed by atoms with Gasteiger partial charge in [-0.05, 0) is 31.9 Å². The van der Waals surface area contributed by atoms with Crippen LogP contribution < -0.4 is 5.56 Å². The fourth-order valence-corrected chi connectivity index (χ4v) is 4.02. The molecule has 0 N–H and O–H groups in total. The molecule has 0 aliphatic carbocycles. The Kier molecular flexibility index (Phi) is 5.23. The molecule has 2 heterocycles. The van der Waals surface area contributed by atoms with Gasteiger partial charge in [-0.25, -0.2) is 4.98 Å². The number of rotatable bonds is 3. The molecule has 6 heteroatoms. The SMILES string of the molecule is CC(Sc1nc2ccccc2c(=O)n1C)C(=O)N1CCCCCC1. The topological polar surface area (TPSA) is 55.2 Å². The quantitative estimate of drug-likeness (QED) is 0.634. The van der Waals surface area contributed by atoms with Crippen molar-refractivity contribution in [3.63, 3.8) is 0 Å². The van der Waals surface area contributed by atoms with E-state index in [1.165, 1.54) is 24.6 Å². The summed E-state index contributed by atoms with van der Waals surface area (Å²) in [7, 11) is 1.72. The van der Waals surface area contributed by atoms with Crippen LogP contribution in [0.25, 0.3) is 10.9 Å². The number of carbonyl (C=O) groups is 1. The number of hydrogen-bond acceptors (Lipinski definition) is 4. The number of likely N-dealkylation sites (tertiary alicyclic amines) is 1. The molecule has 1 atom stereocenters. The Morgan fingerprint density at radius 1 is 1.17 bits per heavy atom. The average Bonchev–Trinajstić information content (AvgIpc) is 2.88. The van der Waals surface area contributed by atoms with E-state index in [9.17, 15) is 9.59 Å². The van der Waals surface area contributed by atoms with E-state index in [-0.39, 0.29) is 16.7 Å². The standard InChI is InChI=1S/C18H23N3O2S/c1-13(16(22)21-11-7-3-4-8-12-21)24-18-19-15-10-6-5-9-14(15)17(23)20(18)2/h5-6,9-10,13H,3-4,7-8,11-12H2,1-2H3. The largest absolute Gasteiger partial charge is 0.342 e. The van der Waals surface area contributed by atoms with E-state index in [0.717, 1.165) is 25.9 Å². The number of nitrogens with zero attached hydrogens (tertiary/aromatic N) is 3. The summed E-state index contributed by atoms with van der Waals surface area (Å²) in [5, 5.41) is 0.951. The van der Waals surface area contributed by atoms with Crippen molar-refractivity contribution in [2.75, 3.05) is 13.1 Å². The molecule has 3 rings (SSSR count). The predicted octanol–water partition coefficient (Wildman–Crippen LogP) is 2.82. The van der Waals surface area contributed by atoms with Crippen LogP contribution in [0.1, 0.15) is 32.6 Å². The van der Waals surface area contributed by atoms with Crippen molar-refractivity contribution < 1.29 is 4.79 Å². The first-order chi connectivity index (χ1) is 11.6. The first kappa shape index (κ1) is 17.0. The number of hydrogen-bond donors (Lipinski definition) is 0. The smallest absolute Gasteiger partial charge is 0.261 e. The van der Waals surface area contributed by atoms with Crippen LogP contribution in [0, 0.1) is 0 Å². The van der Waals surface area contributed by atoms with Crippen molar-refractivity contribution in [1.82, 2.24) is 14.5 Å². The second-order valence-electron chi connectivity index (χ2n) is 6.28. The minimum atomic E-state index is -0.248. The molecule has 0 saturated carbocycles. The first-order valence-corrected chi connectivity index (χ1v) is 9.37. The number of benzene rings is 1. The lowest BCUT2D eigenvalue weighted by Crippen LogP contribution is -2.37. The minimum absolute atomic E-state index is 0.0717. The maximum absolute atomic E-state index is 12.7. The Bertz CT molecular complexity index is 794. The van der Waals surface area contributed by atoms with Gasteiger partial charge in [0.2, 0.25) is 5.91 Å². The number of fused-ring (bicyclic) bond motifs is 1. The summed E-state index contributed by atoms with van der Waals surface area (Å²) in [6, 6.07) is 7.33. The molecule has 1 aliphatic rings. The van der Waals surface area contributed by atoms with Gasteiger partial charge in [0.1, 0.15) is 0 Å².